The highest BCUT2D eigenvalue weighted by Gasteiger charge is 2.37. The second-order valence-corrected chi connectivity index (χ2v) is 13.7. The molecule has 2 aliphatic rings. The lowest BCUT2D eigenvalue weighted by Crippen LogP contribution is -2.29. The lowest BCUT2D eigenvalue weighted by atomic mass is 9.78. The Morgan fingerprint density at radius 3 is 1.30 bits per heavy atom. The van der Waals surface area contributed by atoms with Crippen LogP contribution in [0.25, 0.3) is 0 Å². The van der Waals surface area contributed by atoms with Crippen LogP contribution < -0.4 is 14.4 Å². The quantitative estimate of drug-likeness (QED) is 0.156. The van der Waals surface area contributed by atoms with Gasteiger partial charge in [-0.25, -0.2) is 4.90 Å². The molecular formula is C45H46N2O6. The minimum absolute atomic E-state index is 0.311. The summed E-state index contributed by atoms with van der Waals surface area (Å²) in [4.78, 5) is 53.0. The molecule has 0 unspecified atom stereocenters. The number of fused-ring (bicyclic) bond motifs is 2. The van der Waals surface area contributed by atoms with Crippen molar-refractivity contribution >= 4 is 29.3 Å². The van der Waals surface area contributed by atoms with E-state index >= 15 is 0 Å². The van der Waals surface area contributed by atoms with Gasteiger partial charge < -0.3 is 9.47 Å². The molecule has 0 aliphatic carbocycles. The molecule has 272 valence electrons. The molecule has 0 fully saturated rings. The van der Waals surface area contributed by atoms with E-state index in [1.165, 1.54) is 24.8 Å². The summed E-state index contributed by atoms with van der Waals surface area (Å²) in [7, 11) is 1.47. The van der Waals surface area contributed by atoms with E-state index in [0.717, 1.165) is 21.6 Å². The normalized spacial score (nSPS) is 13.1. The number of rotatable bonds is 7. The minimum atomic E-state index is -0.375. The van der Waals surface area contributed by atoms with E-state index in [2.05, 4.69) is 41.5 Å². The van der Waals surface area contributed by atoms with Gasteiger partial charge in [0.15, 0.2) is 0 Å². The van der Waals surface area contributed by atoms with Crippen molar-refractivity contribution in [2.45, 2.75) is 66.7 Å². The molecule has 0 spiro atoms. The van der Waals surface area contributed by atoms with Crippen LogP contribution in [0.2, 0.25) is 0 Å². The van der Waals surface area contributed by atoms with Crippen molar-refractivity contribution in [1.82, 2.24) is 4.90 Å². The third kappa shape index (κ3) is 7.92. The second kappa shape index (κ2) is 16.1. The van der Waals surface area contributed by atoms with Crippen LogP contribution in [-0.2, 0) is 5.41 Å². The summed E-state index contributed by atoms with van der Waals surface area (Å²) >= 11 is 0. The molecule has 8 heteroatoms. The summed E-state index contributed by atoms with van der Waals surface area (Å²) in [6, 6.07) is 32.6. The molecule has 2 heterocycles. The van der Waals surface area contributed by atoms with Crippen LogP contribution in [0.4, 0.5) is 5.69 Å². The standard InChI is InChI=1S/C39H30N2O6.2C3H8/c1-23-5-11-26(12-6-23)41-37(44)32-20-18-30(22-34(32)38(41)45)47-28-15-9-25(10-16-28)39(2,3)24-7-13-27(14-8-24)46-29-17-19-31-33(21-29)36(43)40(4)35(31)42;2*1-3-2/h5-22H,1-4H3;2*3H2,1-2H3. The lowest BCUT2D eigenvalue weighted by molar-refractivity contribution is 0.0692. The van der Waals surface area contributed by atoms with Gasteiger partial charge in [0.2, 0.25) is 0 Å². The number of aryl methyl sites for hydroxylation is 1. The molecule has 0 radical (unpaired) electrons. The van der Waals surface area contributed by atoms with Crippen LogP contribution in [-0.4, -0.2) is 35.6 Å². The summed E-state index contributed by atoms with van der Waals surface area (Å²) in [6.45, 7) is 14.7. The van der Waals surface area contributed by atoms with E-state index < -0.39 is 0 Å². The SMILES string of the molecule is CCC.CCC.Cc1ccc(N2C(=O)c3ccc(Oc4ccc(C(C)(C)c5ccc(Oc6ccc7c(c6)C(=O)N(C)C7=O)cc5)cc4)cc3C2=O)cc1. The predicted octanol–water partition coefficient (Wildman–Crippen LogP) is 10.8. The smallest absolute Gasteiger partial charge is 0.266 e. The molecule has 4 amide bonds. The largest absolute Gasteiger partial charge is 0.457 e. The van der Waals surface area contributed by atoms with Crippen molar-refractivity contribution in [3.63, 3.8) is 0 Å². The Kier molecular flexibility index (Phi) is 11.6. The Hall–Kier alpha value is -6.02. The van der Waals surface area contributed by atoms with Crippen molar-refractivity contribution in [3.05, 3.63) is 148 Å². The molecule has 0 saturated carbocycles. The van der Waals surface area contributed by atoms with Gasteiger partial charge in [-0.05, 0) is 90.8 Å². The number of amides is 4. The van der Waals surface area contributed by atoms with Crippen molar-refractivity contribution in [1.29, 1.82) is 0 Å². The first kappa shape index (κ1) is 38.2. The lowest BCUT2D eigenvalue weighted by Gasteiger charge is -2.26. The molecule has 5 aromatic carbocycles. The topological polar surface area (TPSA) is 93.2 Å². The average Bonchev–Trinajstić information content (AvgIpc) is 3.52. The molecular weight excluding hydrogens is 665 g/mol. The van der Waals surface area contributed by atoms with Crippen LogP contribution >= 0.6 is 0 Å². The summed E-state index contributed by atoms with van der Waals surface area (Å²) in [6.07, 6.45) is 2.50. The van der Waals surface area contributed by atoms with Gasteiger partial charge in [0.25, 0.3) is 23.6 Å². The summed E-state index contributed by atoms with van der Waals surface area (Å²) in [5.74, 6) is 0.765. The Bertz CT molecular complexity index is 2130. The number of benzene rings is 5. The third-order valence-electron chi connectivity index (χ3n) is 8.83. The Labute approximate surface area is 312 Å². The maximum absolute atomic E-state index is 13.2. The maximum atomic E-state index is 13.2. The van der Waals surface area contributed by atoms with Crippen LogP contribution in [0.5, 0.6) is 23.0 Å². The van der Waals surface area contributed by atoms with E-state index in [0.29, 0.717) is 50.9 Å². The number of hydrogen-bond donors (Lipinski definition) is 0. The molecule has 53 heavy (non-hydrogen) atoms. The fraction of sp³-hybridized carbons (Fsp3) is 0.244. The number of nitrogens with zero attached hydrogens (tertiary/aromatic N) is 2. The summed E-state index contributed by atoms with van der Waals surface area (Å²) in [5, 5.41) is 0. The van der Waals surface area contributed by atoms with Gasteiger partial charge in [0, 0.05) is 12.5 Å². The molecule has 7 rings (SSSR count). The van der Waals surface area contributed by atoms with Crippen LogP contribution in [0.1, 0.15) is 113 Å². The van der Waals surface area contributed by atoms with Crippen LogP contribution in [0.15, 0.2) is 109 Å². The van der Waals surface area contributed by atoms with Gasteiger partial charge in [0.05, 0.1) is 27.9 Å². The number of carbonyl (C=O) groups is 4. The van der Waals surface area contributed by atoms with E-state index in [-0.39, 0.29) is 29.0 Å². The molecule has 0 bridgehead atoms. The Balaban J connectivity index is 0.000000847. The number of imide groups is 2. The number of hydrogen-bond acceptors (Lipinski definition) is 6. The van der Waals surface area contributed by atoms with Crippen molar-refractivity contribution in [2.24, 2.45) is 0 Å². The molecule has 2 aliphatic heterocycles. The van der Waals surface area contributed by atoms with Gasteiger partial charge in [-0.15, -0.1) is 0 Å². The zero-order chi connectivity index (χ0) is 38.4. The average molecular weight is 711 g/mol. The summed E-state index contributed by atoms with van der Waals surface area (Å²) in [5.41, 5.74) is 4.73. The second-order valence-electron chi connectivity index (χ2n) is 13.7. The fourth-order valence-electron chi connectivity index (χ4n) is 5.93. The molecule has 0 saturated heterocycles. The first-order valence-electron chi connectivity index (χ1n) is 18.0. The van der Waals surface area contributed by atoms with Gasteiger partial charge in [0.1, 0.15) is 23.0 Å². The zero-order valence-electron chi connectivity index (χ0n) is 31.7. The third-order valence-corrected chi connectivity index (χ3v) is 8.83. The van der Waals surface area contributed by atoms with E-state index in [1.54, 1.807) is 48.5 Å². The van der Waals surface area contributed by atoms with Crippen molar-refractivity contribution in [2.75, 3.05) is 11.9 Å². The van der Waals surface area contributed by atoms with E-state index in [4.69, 9.17) is 9.47 Å². The first-order valence-corrected chi connectivity index (χ1v) is 18.0. The molecule has 0 atom stereocenters. The fourth-order valence-corrected chi connectivity index (χ4v) is 5.93. The summed E-state index contributed by atoms with van der Waals surface area (Å²) < 4.78 is 12.1. The highest BCUT2D eigenvalue weighted by Crippen LogP contribution is 2.37. The highest BCUT2D eigenvalue weighted by molar-refractivity contribution is 6.34. The Morgan fingerprint density at radius 2 is 0.849 bits per heavy atom. The van der Waals surface area contributed by atoms with E-state index in [1.807, 2.05) is 67.6 Å². The Morgan fingerprint density at radius 1 is 0.491 bits per heavy atom. The van der Waals surface area contributed by atoms with Crippen molar-refractivity contribution in [3.8, 4) is 23.0 Å². The van der Waals surface area contributed by atoms with Crippen LogP contribution in [0, 0.1) is 6.92 Å². The van der Waals surface area contributed by atoms with Crippen molar-refractivity contribution < 1.29 is 28.7 Å². The number of carbonyl (C=O) groups excluding carboxylic acids is 4. The highest BCUT2D eigenvalue weighted by atomic mass is 16.5. The molecule has 0 aromatic heterocycles. The van der Waals surface area contributed by atoms with Gasteiger partial charge in [-0.1, -0.05) is 96.3 Å². The van der Waals surface area contributed by atoms with Gasteiger partial charge >= 0.3 is 0 Å². The molecule has 8 nitrogen and oxygen atoms in total. The molecule has 5 aromatic rings. The number of anilines is 1. The van der Waals surface area contributed by atoms with Crippen LogP contribution in [0.3, 0.4) is 0 Å². The monoisotopic (exact) mass is 710 g/mol. The maximum Gasteiger partial charge on any atom is 0.266 e. The van der Waals surface area contributed by atoms with E-state index in [9.17, 15) is 19.2 Å². The van der Waals surface area contributed by atoms with Gasteiger partial charge in [-0.3, -0.25) is 24.1 Å². The zero-order valence-corrected chi connectivity index (χ0v) is 31.7. The first-order chi connectivity index (χ1) is 25.3. The molecule has 0 N–H and O–H groups in total. The number of ether oxygens (including phenoxy) is 2. The predicted molar refractivity (Wildman–Crippen MR) is 209 cm³/mol. The minimum Gasteiger partial charge on any atom is -0.457 e. The van der Waals surface area contributed by atoms with Gasteiger partial charge in [-0.2, -0.15) is 0 Å².